The Morgan fingerprint density at radius 1 is 1.35 bits per heavy atom. The minimum Gasteiger partial charge on any atom is -0.484 e. The van der Waals surface area contributed by atoms with Crippen LogP contribution in [-0.4, -0.2) is 16.7 Å². The van der Waals surface area contributed by atoms with Crippen molar-refractivity contribution in [3.05, 3.63) is 41.1 Å². The number of rotatable bonds is 4. The van der Waals surface area contributed by atoms with E-state index in [4.69, 9.17) is 9.15 Å². The molecule has 1 N–H and O–H groups in total. The quantitative estimate of drug-likeness (QED) is 0.928. The smallest absolute Gasteiger partial charge is 0.253 e. The fourth-order valence-electron chi connectivity index (χ4n) is 2.46. The average Bonchev–Trinajstić information content (AvgIpc) is 3.08. The second-order valence-corrected chi connectivity index (χ2v) is 5.24. The SMILES string of the molecule is Cc1ccc(OCc2nnc(C3CCCN3)o2)c(C)c1. The first-order valence-corrected chi connectivity index (χ1v) is 6.98. The normalized spacial score (nSPS) is 18.4. The van der Waals surface area contributed by atoms with Gasteiger partial charge in [-0.1, -0.05) is 17.7 Å². The van der Waals surface area contributed by atoms with Crippen molar-refractivity contribution in [2.75, 3.05) is 6.54 Å². The highest BCUT2D eigenvalue weighted by atomic mass is 16.5. The van der Waals surface area contributed by atoms with Crippen molar-refractivity contribution < 1.29 is 9.15 Å². The molecule has 2 aromatic rings. The van der Waals surface area contributed by atoms with Crippen LogP contribution in [0, 0.1) is 13.8 Å². The molecule has 106 valence electrons. The van der Waals surface area contributed by atoms with Crippen molar-refractivity contribution in [2.24, 2.45) is 0 Å². The van der Waals surface area contributed by atoms with Gasteiger partial charge < -0.3 is 14.5 Å². The average molecular weight is 273 g/mol. The van der Waals surface area contributed by atoms with E-state index in [0.717, 1.165) is 30.7 Å². The molecule has 2 heterocycles. The van der Waals surface area contributed by atoms with Crippen LogP contribution in [0.2, 0.25) is 0 Å². The van der Waals surface area contributed by atoms with Gasteiger partial charge in [-0.05, 0) is 44.9 Å². The highest BCUT2D eigenvalue weighted by Crippen LogP contribution is 2.23. The minimum absolute atomic E-state index is 0.206. The van der Waals surface area contributed by atoms with Crippen LogP contribution in [0.5, 0.6) is 5.75 Å². The van der Waals surface area contributed by atoms with Gasteiger partial charge in [-0.15, -0.1) is 10.2 Å². The number of aromatic nitrogens is 2. The standard InChI is InChI=1S/C15H19N3O2/c1-10-5-6-13(11(2)8-10)19-9-14-17-18-15(20-14)12-4-3-7-16-12/h5-6,8,12,16H,3-4,7,9H2,1-2H3. The van der Waals surface area contributed by atoms with Gasteiger partial charge in [0, 0.05) is 0 Å². The van der Waals surface area contributed by atoms with Gasteiger partial charge in [-0.3, -0.25) is 0 Å². The van der Waals surface area contributed by atoms with E-state index in [1.807, 2.05) is 19.1 Å². The molecule has 20 heavy (non-hydrogen) atoms. The van der Waals surface area contributed by atoms with Crippen LogP contribution in [0.15, 0.2) is 22.6 Å². The van der Waals surface area contributed by atoms with Gasteiger partial charge in [0.05, 0.1) is 6.04 Å². The molecule has 0 bridgehead atoms. The predicted molar refractivity (Wildman–Crippen MR) is 74.5 cm³/mol. The van der Waals surface area contributed by atoms with Crippen LogP contribution in [0.25, 0.3) is 0 Å². The Morgan fingerprint density at radius 2 is 2.25 bits per heavy atom. The summed E-state index contributed by atoms with van der Waals surface area (Å²) in [6.45, 7) is 5.42. The maximum Gasteiger partial charge on any atom is 0.253 e. The molecule has 3 rings (SSSR count). The Hall–Kier alpha value is -1.88. The summed E-state index contributed by atoms with van der Waals surface area (Å²) >= 11 is 0. The maximum atomic E-state index is 5.74. The van der Waals surface area contributed by atoms with Gasteiger partial charge in [-0.2, -0.15) is 0 Å². The third-order valence-corrected chi connectivity index (χ3v) is 3.52. The molecule has 0 aliphatic carbocycles. The zero-order valence-corrected chi connectivity index (χ0v) is 11.8. The highest BCUT2D eigenvalue weighted by molar-refractivity contribution is 5.35. The Balaban J connectivity index is 1.63. The lowest BCUT2D eigenvalue weighted by Crippen LogP contribution is -2.12. The van der Waals surface area contributed by atoms with Crippen LogP contribution in [0.1, 0.15) is 41.8 Å². The molecule has 1 atom stereocenters. The maximum absolute atomic E-state index is 5.74. The molecule has 1 aromatic carbocycles. The zero-order chi connectivity index (χ0) is 13.9. The van der Waals surface area contributed by atoms with E-state index >= 15 is 0 Å². The second kappa shape index (κ2) is 5.63. The lowest BCUT2D eigenvalue weighted by atomic mass is 10.1. The van der Waals surface area contributed by atoms with Crippen molar-refractivity contribution in [2.45, 2.75) is 39.3 Å². The molecule has 5 nitrogen and oxygen atoms in total. The summed E-state index contributed by atoms with van der Waals surface area (Å²) in [7, 11) is 0. The molecule has 1 unspecified atom stereocenters. The van der Waals surface area contributed by atoms with Crippen molar-refractivity contribution in [1.82, 2.24) is 15.5 Å². The molecular formula is C15H19N3O2. The van der Waals surface area contributed by atoms with Gasteiger partial charge >= 0.3 is 0 Å². The predicted octanol–water partition coefficient (Wildman–Crippen LogP) is 2.69. The topological polar surface area (TPSA) is 60.2 Å². The molecule has 0 saturated carbocycles. The van der Waals surface area contributed by atoms with E-state index in [1.54, 1.807) is 0 Å². The highest BCUT2D eigenvalue weighted by Gasteiger charge is 2.22. The van der Waals surface area contributed by atoms with E-state index < -0.39 is 0 Å². The van der Waals surface area contributed by atoms with Crippen molar-refractivity contribution in [3.8, 4) is 5.75 Å². The summed E-state index contributed by atoms with van der Waals surface area (Å²) in [5, 5.41) is 11.5. The fourth-order valence-corrected chi connectivity index (χ4v) is 2.46. The molecule has 0 spiro atoms. The summed E-state index contributed by atoms with van der Waals surface area (Å²) < 4.78 is 11.4. The third-order valence-electron chi connectivity index (χ3n) is 3.52. The van der Waals surface area contributed by atoms with Gasteiger partial charge in [0.25, 0.3) is 5.89 Å². The van der Waals surface area contributed by atoms with Gasteiger partial charge in [0.15, 0.2) is 6.61 Å². The largest absolute Gasteiger partial charge is 0.484 e. The van der Waals surface area contributed by atoms with E-state index in [-0.39, 0.29) is 6.04 Å². The molecule has 1 aliphatic rings. The van der Waals surface area contributed by atoms with Crippen LogP contribution >= 0.6 is 0 Å². The first-order valence-electron chi connectivity index (χ1n) is 6.98. The zero-order valence-electron chi connectivity index (χ0n) is 11.8. The summed E-state index contributed by atoms with van der Waals surface area (Å²) in [4.78, 5) is 0. The molecule has 1 fully saturated rings. The third kappa shape index (κ3) is 2.82. The lowest BCUT2D eigenvalue weighted by molar-refractivity contribution is 0.254. The molecule has 1 saturated heterocycles. The first kappa shape index (κ1) is 13.1. The number of aryl methyl sites for hydroxylation is 2. The molecule has 0 radical (unpaired) electrons. The van der Waals surface area contributed by atoms with E-state index in [9.17, 15) is 0 Å². The minimum atomic E-state index is 0.206. The number of ether oxygens (including phenoxy) is 1. The lowest BCUT2D eigenvalue weighted by Gasteiger charge is -2.07. The van der Waals surface area contributed by atoms with Crippen LogP contribution < -0.4 is 10.1 Å². The Labute approximate surface area is 118 Å². The number of hydrogen-bond acceptors (Lipinski definition) is 5. The number of nitrogens with one attached hydrogen (secondary N) is 1. The summed E-state index contributed by atoms with van der Waals surface area (Å²) in [5.41, 5.74) is 2.34. The summed E-state index contributed by atoms with van der Waals surface area (Å²) in [5.74, 6) is 2.05. The Bertz CT molecular complexity index is 589. The van der Waals surface area contributed by atoms with Gasteiger partial charge in [0.1, 0.15) is 5.75 Å². The number of hydrogen-bond donors (Lipinski definition) is 1. The van der Waals surface area contributed by atoms with Crippen molar-refractivity contribution in [3.63, 3.8) is 0 Å². The molecular weight excluding hydrogens is 254 g/mol. The van der Waals surface area contributed by atoms with E-state index in [0.29, 0.717) is 18.4 Å². The van der Waals surface area contributed by atoms with E-state index in [1.165, 1.54) is 5.56 Å². The number of benzene rings is 1. The van der Waals surface area contributed by atoms with Crippen LogP contribution in [0.4, 0.5) is 0 Å². The molecule has 1 aliphatic heterocycles. The monoisotopic (exact) mass is 273 g/mol. The molecule has 1 aromatic heterocycles. The van der Waals surface area contributed by atoms with E-state index in [2.05, 4.69) is 28.5 Å². The van der Waals surface area contributed by atoms with Gasteiger partial charge in [0.2, 0.25) is 5.89 Å². The van der Waals surface area contributed by atoms with Crippen molar-refractivity contribution >= 4 is 0 Å². The number of nitrogens with zero attached hydrogens (tertiary/aromatic N) is 2. The Kier molecular flexibility index (Phi) is 3.69. The fraction of sp³-hybridized carbons (Fsp3) is 0.467. The van der Waals surface area contributed by atoms with Gasteiger partial charge in [-0.25, -0.2) is 0 Å². The Morgan fingerprint density at radius 3 is 3.00 bits per heavy atom. The molecule has 5 heteroatoms. The summed E-state index contributed by atoms with van der Waals surface area (Å²) in [6.07, 6.45) is 2.21. The molecule has 0 amide bonds. The van der Waals surface area contributed by atoms with Crippen LogP contribution in [0.3, 0.4) is 0 Å². The van der Waals surface area contributed by atoms with Crippen LogP contribution in [-0.2, 0) is 6.61 Å². The second-order valence-electron chi connectivity index (χ2n) is 5.24. The summed E-state index contributed by atoms with van der Waals surface area (Å²) in [6, 6.07) is 6.30. The van der Waals surface area contributed by atoms with Crippen molar-refractivity contribution in [1.29, 1.82) is 0 Å². The first-order chi connectivity index (χ1) is 9.72.